The van der Waals surface area contributed by atoms with Crippen LogP contribution >= 0.6 is 0 Å². The average molecular weight is 291 g/mol. The average Bonchev–Trinajstić information content (AvgIpc) is 2.46. The molecule has 0 amide bonds. The molecule has 0 saturated carbocycles. The van der Waals surface area contributed by atoms with Crippen molar-refractivity contribution in [2.24, 2.45) is 5.92 Å². The van der Waals surface area contributed by atoms with E-state index in [1.54, 1.807) is 0 Å². The highest BCUT2D eigenvalue weighted by molar-refractivity contribution is 5.27. The largest absolute Gasteiger partial charge is 0.491 e. The monoisotopic (exact) mass is 291 g/mol. The van der Waals surface area contributed by atoms with Crippen molar-refractivity contribution >= 4 is 0 Å². The lowest BCUT2D eigenvalue weighted by Crippen LogP contribution is -2.22. The molecule has 1 aromatic carbocycles. The summed E-state index contributed by atoms with van der Waals surface area (Å²) in [6, 6.07) is 8.61. The second-order valence-corrected chi connectivity index (χ2v) is 6.42. The van der Waals surface area contributed by atoms with Crippen molar-refractivity contribution in [3.05, 3.63) is 29.8 Å². The van der Waals surface area contributed by atoms with Gasteiger partial charge in [-0.1, -0.05) is 39.3 Å². The van der Waals surface area contributed by atoms with Crippen molar-refractivity contribution in [1.82, 2.24) is 5.32 Å². The van der Waals surface area contributed by atoms with Crippen LogP contribution in [0.15, 0.2) is 24.3 Å². The van der Waals surface area contributed by atoms with E-state index in [0.29, 0.717) is 0 Å². The maximum Gasteiger partial charge on any atom is 0.119 e. The fourth-order valence-corrected chi connectivity index (χ4v) is 2.31. The highest BCUT2D eigenvalue weighted by Gasteiger charge is 2.04. The maximum absolute atomic E-state index is 5.97. The fraction of sp³-hybridized carbons (Fsp3) is 0.684. The Labute approximate surface area is 131 Å². The predicted octanol–water partition coefficient (Wildman–Crippen LogP) is 4.82. The van der Waals surface area contributed by atoms with Crippen molar-refractivity contribution < 1.29 is 4.74 Å². The summed E-state index contributed by atoms with van der Waals surface area (Å²) >= 11 is 0. The number of ether oxygens (including phenoxy) is 1. The van der Waals surface area contributed by atoms with E-state index < -0.39 is 0 Å². The lowest BCUT2D eigenvalue weighted by atomic mass is 10.1. The zero-order valence-corrected chi connectivity index (χ0v) is 14.3. The Hall–Kier alpha value is -1.02. The van der Waals surface area contributed by atoms with E-state index in [4.69, 9.17) is 4.74 Å². The van der Waals surface area contributed by atoms with Gasteiger partial charge in [0.25, 0.3) is 0 Å². The summed E-state index contributed by atoms with van der Waals surface area (Å²) in [6.07, 6.45) is 6.24. The van der Waals surface area contributed by atoms with Gasteiger partial charge in [0.1, 0.15) is 5.75 Å². The van der Waals surface area contributed by atoms with Crippen molar-refractivity contribution in [2.75, 3.05) is 13.1 Å². The molecule has 0 aromatic heterocycles. The molecule has 0 aliphatic heterocycles. The number of hydrogen-bond acceptors (Lipinski definition) is 2. The fourth-order valence-electron chi connectivity index (χ4n) is 2.31. The topological polar surface area (TPSA) is 21.3 Å². The minimum Gasteiger partial charge on any atom is -0.491 e. The number of unbranched alkanes of at least 4 members (excludes halogenated alkanes) is 1. The molecule has 0 aliphatic carbocycles. The molecular formula is C19H33NO. The number of benzene rings is 1. The smallest absolute Gasteiger partial charge is 0.119 e. The van der Waals surface area contributed by atoms with Gasteiger partial charge in [-0.15, -0.1) is 0 Å². The molecule has 1 aromatic rings. The molecule has 2 nitrogen and oxygen atoms in total. The van der Waals surface area contributed by atoms with Crippen LogP contribution in [-0.4, -0.2) is 19.2 Å². The molecule has 1 unspecified atom stereocenters. The van der Waals surface area contributed by atoms with Crippen LogP contribution in [0.3, 0.4) is 0 Å². The third kappa shape index (κ3) is 8.77. The van der Waals surface area contributed by atoms with Crippen LogP contribution < -0.4 is 10.1 Å². The van der Waals surface area contributed by atoms with E-state index in [1.165, 1.54) is 31.2 Å². The summed E-state index contributed by atoms with van der Waals surface area (Å²) < 4.78 is 5.97. The Balaban J connectivity index is 2.20. The summed E-state index contributed by atoms with van der Waals surface area (Å²) in [7, 11) is 0. The van der Waals surface area contributed by atoms with Crippen LogP contribution in [0, 0.1) is 5.92 Å². The van der Waals surface area contributed by atoms with Crippen molar-refractivity contribution in [1.29, 1.82) is 0 Å². The number of nitrogens with one attached hydrogen (secondary N) is 1. The first-order valence-corrected chi connectivity index (χ1v) is 8.58. The van der Waals surface area contributed by atoms with Crippen LogP contribution in [0.1, 0.15) is 58.9 Å². The summed E-state index contributed by atoms with van der Waals surface area (Å²) in [4.78, 5) is 0. The Morgan fingerprint density at radius 1 is 1.05 bits per heavy atom. The Morgan fingerprint density at radius 2 is 1.76 bits per heavy atom. The first-order valence-electron chi connectivity index (χ1n) is 8.58. The third-order valence-corrected chi connectivity index (χ3v) is 3.60. The molecule has 0 spiro atoms. The lowest BCUT2D eigenvalue weighted by molar-refractivity contribution is 0.207. The molecular weight excluding hydrogens is 258 g/mol. The quantitative estimate of drug-likeness (QED) is 0.590. The van der Waals surface area contributed by atoms with E-state index in [9.17, 15) is 0 Å². The minimum atomic E-state index is 0.285. The van der Waals surface area contributed by atoms with E-state index in [1.807, 2.05) is 0 Å². The molecule has 21 heavy (non-hydrogen) atoms. The second kappa shape index (κ2) is 10.7. The SMILES string of the molecule is CCCCc1ccc(OC(C)CCCNCC(C)C)cc1. The standard InChI is InChI=1S/C19H33NO/c1-5-6-9-18-10-12-19(13-11-18)21-17(4)8-7-14-20-15-16(2)3/h10-13,16-17,20H,5-9,14-15H2,1-4H3. The van der Waals surface area contributed by atoms with Crippen LogP contribution in [0.25, 0.3) is 0 Å². The highest BCUT2D eigenvalue weighted by Crippen LogP contribution is 2.16. The first kappa shape index (κ1) is 18.0. The summed E-state index contributed by atoms with van der Waals surface area (Å²) in [5, 5.41) is 3.48. The zero-order chi connectivity index (χ0) is 15.5. The highest BCUT2D eigenvalue weighted by atomic mass is 16.5. The van der Waals surface area contributed by atoms with Gasteiger partial charge in [-0.25, -0.2) is 0 Å². The van der Waals surface area contributed by atoms with E-state index >= 15 is 0 Å². The zero-order valence-electron chi connectivity index (χ0n) is 14.3. The molecule has 2 heteroatoms. The van der Waals surface area contributed by atoms with Gasteiger partial charge in [-0.05, 0) is 69.3 Å². The molecule has 0 fully saturated rings. The minimum absolute atomic E-state index is 0.285. The molecule has 0 heterocycles. The van der Waals surface area contributed by atoms with Gasteiger partial charge >= 0.3 is 0 Å². The molecule has 120 valence electrons. The Bertz CT molecular complexity index is 358. The first-order chi connectivity index (χ1) is 10.1. The van der Waals surface area contributed by atoms with Crippen LogP contribution in [-0.2, 0) is 6.42 Å². The van der Waals surface area contributed by atoms with Gasteiger partial charge in [0.05, 0.1) is 6.10 Å². The van der Waals surface area contributed by atoms with Gasteiger partial charge in [0.15, 0.2) is 0 Å². The molecule has 0 radical (unpaired) electrons. The lowest BCUT2D eigenvalue weighted by Gasteiger charge is -2.15. The molecule has 1 atom stereocenters. The van der Waals surface area contributed by atoms with Crippen molar-refractivity contribution in [3.8, 4) is 5.75 Å². The number of rotatable bonds is 11. The van der Waals surface area contributed by atoms with Gasteiger partial charge in [0, 0.05) is 0 Å². The van der Waals surface area contributed by atoms with E-state index in [2.05, 4.69) is 57.3 Å². The molecule has 0 aliphatic rings. The second-order valence-electron chi connectivity index (χ2n) is 6.42. The van der Waals surface area contributed by atoms with Crippen LogP contribution in [0.2, 0.25) is 0 Å². The predicted molar refractivity (Wildman–Crippen MR) is 92.1 cm³/mol. The summed E-state index contributed by atoms with van der Waals surface area (Å²) in [6.45, 7) is 11.1. The van der Waals surface area contributed by atoms with Gasteiger partial charge in [-0.2, -0.15) is 0 Å². The van der Waals surface area contributed by atoms with Gasteiger partial charge < -0.3 is 10.1 Å². The summed E-state index contributed by atoms with van der Waals surface area (Å²) in [5.74, 6) is 1.72. The molecule has 1 rings (SSSR count). The van der Waals surface area contributed by atoms with Crippen LogP contribution in [0.4, 0.5) is 0 Å². The van der Waals surface area contributed by atoms with Gasteiger partial charge in [-0.3, -0.25) is 0 Å². The Morgan fingerprint density at radius 3 is 2.38 bits per heavy atom. The third-order valence-electron chi connectivity index (χ3n) is 3.60. The summed E-state index contributed by atoms with van der Waals surface area (Å²) in [5.41, 5.74) is 1.41. The van der Waals surface area contributed by atoms with E-state index in [0.717, 1.165) is 31.2 Å². The van der Waals surface area contributed by atoms with Gasteiger partial charge in [0.2, 0.25) is 0 Å². The maximum atomic E-state index is 5.97. The molecule has 0 saturated heterocycles. The molecule has 0 bridgehead atoms. The van der Waals surface area contributed by atoms with Crippen molar-refractivity contribution in [2.45, 2.75) is 65.9 Å². The van der Waals surface area contributed by atoms with E-state index in [-0.39, 0.29) is 6.10 Å². The molecule has 1 N–H and O–H groups in total. The van der Waals surface area contributed by atoms with Crippen LogP contribution in [0.5, 0.6) is 5.75 Å². The van der Waals surface area contributed by atoms with Crippen molar-refractivity contribution in [3.63, 3.8) is 0 Å². The number of hydrogen-bond donors (Lipinski definition) is 1. The Kier molecular flexibility index (Phi) is 9.16. The normalized spacial score (nSPS) is 12.6. The number of aryl methyl sites for hydroxylation is 1.